The summed E-state index contributed by atoms with van der Waals surface area (Å²) in [6.07, 6.45) is 3.91. The summed E-state index contributed by atoms with van der Waals surface area (Å²) >= 11 is 0.0197. The fourth-order valence-electron chi connectivity index (χ4n) is 5.28. The Morgan fingerprint density at radius 1 is 0.783 bits per heavy atom. The Morgan fingerprint density at radius 3 is 2.26 bits per heavy atom. The smallest absolute Gasteiger partial charge is 0 e. The number of rotatable bonds is 5. The summed E-state index contributed by atoms with van der Waals surface area (Å²) in [6, 6.07) is 40.6. The molecule has 46 heavy (non-hydrogen) atoms. The predicted molar refractivity (Wildman–Crippen MR) is 192 cm³/mol. The molecular formula is C40H35FGeIrN2S-2. The van der Waals surface area contributed by atoms with Gasteiger partial charge in [0.2, 0.25) is 0 Å². The molecule has 4 aromatic carbocycles. The van der Waals surface area contributed by atoms with E-state index in [1.807, 2.05) is 48.8 Å². The van der Waals surface area contributed by atoms with Crippen LogP contribution in [-0.4, -0.2) is 23.2 Å². The van der Waals surface area contributed by atoms with Gasteiger partial charge in [0.25, 0.3) is 0 Å². The standard InChI is InChI=1S/C26H19FNS.C14H16GeN.Ir/c1-16(2)18-12-13-28-23(14-18)19-8-11-22-25(15-19)29-24-5-3-4-21(26(22)24)17-6-9-20(27)10-7-17;1-15(2,3)13-9-10-14(16-11-13)12-7-5-4-6-8-12;/h3-14,16H,1-2H3;4-7,9-11H,1-3H3;/q2*-1;. The van der Waals surface area contributed by atoms with Crippen LogP contribution in [0.3, 0.4) is 0 Å². The first kappa shape index (κ1) is 33.9. The maximum atomic E-state index is 13.4. The zero-order valence-electron chi connectivity index (χ0n) is 26.6. The van der Waals surface area contributed by atoms with Gasteiger partial charge in [-0.1, -0.05) is 55.1 Å². The van der Waals surface area contributed by atoms with E-state index >= 15 is 0 Å². The van der Waals surface area contributed by atoms with Gasteiger partial charge in [-0.3, -0.25) is 0 Å². The van der Waals surface area contributed by atoms with Crippen molar-refractivity contribution < 1.29 is 24.5 Å². The quantitative estimate of drug-likeness (QED) is 0.127. The van der Waals surface area contributed by atoms with Crippen LogP contribution in [0.5, 0.6) is 0 Å². The number of fused-ring (bicyclic) bond motifs is 3. The molecule has 0 N–H and O–H groups in total. The summed E-state index contributed by atoms with van der Waals surface area (Å²) in [4.78, 5) is 9.10. The molecule has 6 heteroatoms. The van der Waals surface area contributed by atoms with Crippen LogP contribution in [0.2, 0.25) is 17.3 Å². The van der Waals surface area contributed by atoms with Gasteiger partial charge < -0.3 is 4.98 Å². The van der Waals surface area contributed by atoms with Crippen LogP contribution in [0.15, 0.2) is 116 Å². The number of thiophene rings is 1. The van der Waals surface area contributed by atoms with E-state index in [4.69, 9.17) is 0 Å². The summed E-state index contributed by atoms with van der Waals surface area (Å²) in [5, 5.41) is 2.37. The molecule has 3 heterocycles. The maximum Gasteiger partial charge on any atom is 0 e. The second kappa shape index (κ2) is 14.5. The van der Waals surface area contributed by atoms with E-state index in [2.05, 4.69) is 108 Å². The number of halogens is 1. The number of nitrogens with zero attached hydrogens (tertiary/aromatic N) is 2. The molecule has 7 rings (SSSR count). The second-order valence-corrected chi connectivity index (χ2v) is 24.2. The molecule has 1 radical (unpaired) electrons. The summed E-state index contributed by atoms with van der Waals surface area (Å²) < 4.78 is 17.2. The molecule has 0 saturated carbocycles. The van der Waals surface area contributed by atoms with Crippen molar-refractivity contribution in [1.82, 2.24) is 9.97 Å². The van der Waals surface area contributed by atoms with Crippen molar-refractivity contribution in [3.63, 3.8) is 0 Å². The average Bonchev–Trinajstić information content (AvgIpc) is 3.44. The van der Waals surface area contributed by atoms with Crippen molar-refractivity contribution in [1.29, 1.82) is 0 Å². The number of benzene rings is 4. The zero-order chi connectivity index (χ0) is 31.6. The molecule has 0 amide bonds. The molecule has 0 unspecified atom stereocenters. The van der Waals surface area contributed by atoms with Crippen molar-refractivity contribution in [3.05, 3.63) is 139 Å². The third kappa shape index (κ3) is 7.56. The normalized spacial score (nSPS) is 11.3. The first-order valence-corrected chi connectivity index (χ1v) is 23.4. The molecule has 0 atom stereocenters. The van der Waals surface area contributed by atoms with E-state index in [9.17, 15) is 4.39 Å². The molecule has 2 nitrogen and oxygen atoms in total. The third-order valence-electron chi connectivity index (χ3n) is 7.91. The molecule has 0 aliphatic heterocycles. The second-order valence-electron chi connectivity index (χ2n) is 12.5. The average molecular weight is 860 g/mol. The topological polar surface area (TPSA) is 25.8 Å². The molecule has 3 aromatic heterocycles. The van der Waals surface area contributed by atoms with E-state index in [1.54, 1.807) is 11.3 Å². The Hall–Kier alpha value is -3.48. The fraction of sp³-hybridized carbons (Fsp3) is 0.150. The molecule has 0 fully saturated rings. The van der Waals surface area contributed by atoms with E-state index in [-0.39, 0.29) is 25.9 Å². The minimum absolute atomic E-state index is 0. The number of aromatic nitrogens is 2. The molecule has 0 spiro atoms. The maximum absolute atomic E-state index is 13.4. The Bertz CT molecular complexity index is 2070. The van der Waals surface area contributed by atoms with Gasteiger partial charge in [-0.05, 0) is 57.1 Å². The molecule has 7 aromatic rings. The molecule has 0 saturated heterocycles. The Labute approximate surface area is 291 Å². The van der Waals surface area contributed by atoms with Crippen LogP contribution in [0.4, 0.5) is 4.39 Å². The number of hydrogen-bond acceptors (Lipinski definition) is 3. The van der Waals surface area contributed by atoms with Gasteiger partial charge >= 0.3 is 99.8 Å². The first-order chi connectivity index (χ1) is 21.7. The fourth-order valence-corrected chi connectivity index (χ4v) is 8.58. The van der Waals surface area contributed by atoms with E-state index in [0.717, 1.165) is 38.3 Å². The third-order valence-corrected chi connectivity index (χ3v) is 13.3. The zero-order valence-corrected chi connectivity index (χ0v) is 31.9. The number of hydrogen-bond donors (Lipinski definition) is 0. The molecule has 0 aliphatic carbocycles. The van der Waals surface area contributed by atoms with E-state index < -0.39 is 13.3 Å². The summed E-state index contributed by atoms with van der Waals surface area (Å²) in [7, 11) is 0. The monoisotopic (exact) mass is 861 g/mol. The van der Waals surface area contributed by atoms with Gasteiger partial charge in [0, 0.05) is 31.0 Å². The van der Waals surface area contributed by atoms with E-state index in [1.165, 1.54) is 37.6 Å². The van der Waals surface area contributed by atoms with Crippen LogP contribution >= 0.6 is 11.3 Å². The van der Waals surface area contributed by atoms with Crippen molar-refractivity contribution in [3.8, 4) is 33.6 Å². The molecule has 233 valence electrons. The van der Waals surface area contributed by atoms with Crippen LogP contribution in [-0.2, 0) is 20.1 Å². The van der Waals surface area contributed by atoms with Gasteiger partial charge in [-0.25, -0.2) is 4.39 Å². The Balaban J connectivity index is 0.000000209. The van der Waals surface area contributed by atoms with Crippen molar-refractivity contribution in [2.75, 3.05) is 0 Å². The largest absolute Gasteiger partial charge is 0 e. The SMILES string of the molecule is CC(C)c1ccnc(-c2[c-]c3sc4cccc(-c5ccc(F)cc5)c4c3cc2)c1.[CH3][Ge]([CH3])([CH3])[c]1ccc(-c2[c-]cccc2)nc1.[Ir]. The van der Waals surface area contributed by atoms with Gasteiger partial charge in [0.1, 0.15) is 5.82 Å². The van der Waals surface area contributed by atoms with Crippen LogP contribution in [0.1, 0.15) is 25.3 Å². The van der Waals surface area contributed by atoms with Crippen molar-refractivity contribution in [2.45, 2.75) is 37.0 Å². The van der Waals surface area contributed by atoms with E-state index in [0.29, 0.717) is 5.92 Å². The first-order valence-electron chi connectivity index (χ1n) is 15.2. The van der Waals surface area contributed by atoms with Gasteiger partial charge in [0.05, 0.1) is 0 Å². The molecule has 0 aliphatic rings. The minimum atomic E-state index is -1.72. The summed E-state index contributed by atoms with van der Waals surface area (Å²) in [5.74, 6) is 7.38. The van der Waals surface area contributed by atoms with Crippen LogP contribution < -0.4 is 4.40 Å². The summed E-state index contributed by atoms with van der Waals surface area (Å²) in [6.45, 7) is 4.38. The minimum Gasteiger partial charge on any atom is 0 e. The van der Waals surface area contributed by atoms with Gasteiger partial charge in [-0.15, -0.1) is 23.8 Å². The van der Waals surface area contributed by atoms with Gasteiger partial charge in [-0.2, -0.15) is 11.3 Å². The van der Waals surface area contributed by atoms with Crippen LogP contribution in [0.25, 0.3) is 53.8 Å². The van der Waals surface area contributed by atoms with Crippen molar-refractivity contribution >= 4 is 49.2 Å². The van der Waals surface area contributed by atoms with Crippen LogP contribution in [0, 0.1) is 17.9 Å². The Morgan fingerprint density at radius 2 is 1.59 bits per heavy atom. The number of pyridine rings is 2. The molecular weight excluding hydrogens is 824 g/mol. The van der Waals surface area contributed by atoms with Gasteiger partial charge in [0.15, 0.2) is 0 Å². The predicted octanol–water partition coefficient (Wildman–Crippen LogP) is 10.9. The molecule has 0 bridgehead atoms. The summed E-state index contributed by atoms with van der Waals surface area (Å²) in [5.41, 5.74) is 7.45. The van der Waals surface area contributed by atoms with Crippen molar-refractivity contribution in [2.24, 2.45) is 0 Å². The Kier molecular flexibility index (Phi) is 10.7.